The lowest BCUT2D eigenvalue weighted by atomic mass is 9.82. The molecule has 0 saturated carbocycles. The Hall–Kier alpha value is -1.04. The number of unbranched alkanes of at least 4 members (excludes halogenated alkanes) is 2. The van der Waals surface area contributed by atoms with Crippen molar-refractivity contribution in [2.45, 2.75) is 53.4 Å². The first-order valence-corrected chi connectivity index (χ1v) is 6.80. The number of allylic oxidation sites excluding steroid dienone is 1. The van der Waals surface area contributed by atoms with E-state index in [-0.39, 0.29) is 5.41 Å². The highest BCUT2D eigenvalue weighted by Gasteiger charge is 2.16. The Morgan fingerprint density at radius 2 is 1.71 bits per heavy atom. The van der Waals surface area contributed by atoms with E-state index in [0.717, 1.165) is 0 Å². The van der Waals surface area contributed by atoms with Gasteiger partial charge in [-0.3, -0.25) is 0 Å². The van der Waals surface area contributed by atoms with Crippen LogP contribution in [0.5, 0.6) is 0 Å². The molecule has 0 spiro atoms. The van der Waals surface area contributed by atoms with E-state index in [0.29, 0.717) is 0 Å². The van der Waals surface area contributed by atoms with E-state index in [4.69, 9.17) is 0 Å². The second kappa shape index (κ2) is 6.64. The van der Waals surface area contributed by atoms with Crippen LogP contribution < -0.4 is 0 Å². The predicted octanol–water partition coefficient (Wildman–Crippen LogP) is 5.70. The van der Waals surface area contributed by atoms with Crippen LogP contribution in [0.2, 0.25) is 0 Å². The van der Waals surface area contributed by atoms with Gasteiger partial charge in [0.1, 0.15) is 0 Å². The Balaban J connectivity index is 2.80. The molecule has 0 aliphatic rings. The monoisotopic (exact) mass is 230 g/mol. The molecule has 0 radical (unpaired) electrons. The van der Waals surface area contributed by atoms with E-state index < -0.39 is 0 Å². The standard InChI is InChI=1S/C17H26/c1-5-6-8-13-16(17(2,3)4)14-15-11-9-7-10-12-15/h7,9-12,14H,5-6,8,13H2,1-4H3. The van der Waals surface area contributed by atoms with E-state index >= 15 is 0 Å². The van der Waals surface area contributed by atoms with Crippen LogP contribution in [0.25, 0.3) is 6.08 Å². The van der Waals surface area contributed by atoms with Crippen molar-refractivity contribution in [2.75, 3.05) is 0 Å². The summed E-state index contributed by atoms with van der Waals surface area (Å²) in [5.74, 6) is 0. The van der Waals surface area contributed by atoms with Crippen LogP contribution >= 0.6 is 0 Å². The first-order chi connectivity index (χ1) is 8.04. The van der Waals surface area contributed by atoms with Crippen LogP contribution in [0.15, 0.2) is 35.9 Å². The van der Waals surface area contributed by atoms with E-state index in [9.17, 15) is 0 Å². The highest BCUT2D eigenvalue weighted by Crippen LogP contribution is 2.31. The summed E-state index contributed by atoms with van der Waals surface area (Å²) in [6, 6.07) is 10.7. The molecule has 0 heteroatoms. The van der Waals surface area contributed by atoms with Gasteiger partial charge in [-0.2, -0.15) is 0 Å². The number of hydrogen-bond donors (Lipinski definition) is 0. The summed E-state index contributed by atoms with van der Waals surface area (Å²) in [5.41, 5.74) is 3.18. The lowest BCUT2D eigenvalue weighted by molar-refractivity contribution is 0.477. The van der Waals surface area contributed by atoms with Crippen molar-refractivity contribution < 1.29 is 0 Å². The Bertz CT molecular complexity index is 338. The molecule has 0 nitrogen and oxygen atoms in total. The largest absolute Gasteiger partial charge is 0.0654 e. The van der Waals surface area contributed by atoms with Gasteiger partial charge < -0.3 is 0 Å². The van der Waals surface area contributed by atoms with E-state index in [1.807, 2.05) is 0 Å². The molecule has 0 bridgehead atoms. The van der Waals surface area contributed by atoms with Gasteiger partial charge >= 0.3 is 0 Å². The third-order valence-electron chi connectivity index (χ3n) is 3.15. The van der Waals surface area contributed by atoms with Crippen LogP contribution in [-0.2, 0) is 0 Å². The molecule has 94 valence electrons. The van der Waals surface area contributed by atoms with E-state index in [2.05, 4.69) is 64.1 Å². The molecule has 17 heavy (non-hydrogen) atoms. The summed E-state index contributed by atoms with van der Waals surface area (Å²) in [7, 11) is 0. The van der Waals surface area contributed by atoms with Gasteiger partial charge in [0, 0.05) is 0 Å². The van der Waals surface area contributed by atoms with Crippen LogP contribution in [-0.4, -0.2) is 0 Å². The van der Waals surface area contributed by atoms with Crippen LogP contribution in [0.1, 0.15) is 58.9 Å². The van der Waals surface area contributed by atoms with Gasteiger partial charge in [-0.1, -0.05) is 82.5 Å². The maximum Gasteiger partial charge on any atom is -0.0170 e. The van der Waals surface area contributed by atoms with E-state index in [1.54, 1.807) is 5.57 Å². The molecule has 0 saturated heterocycles. The summed E-state index contributed by atoms with van der Waals surface area (Å²) in [4.78, 5) is 0. The molecule has 1 aromatic carbocycles. The van der Waals surface area contributed by atoms with Crippen LogP contribution in [0.3, 0.4) is 0 Å². The van der Waals surface area contributed by atoms with Crippen molar-refractivity contribution in [3.05, 3.63) is 41.5 Å². The minimum absolute atomic E-state index is 0.281. The van der Waals surface area contributed by atoms with Crippen molar-refractivity contribution in [1.29, 1.82) is 0 Å². The van der Waals surface area contributed by atoms with Crippen molar-refractivity contribution in [3.63, 3.8) is 0 Å². The van der Waals surface area contributed by atoms with Gasteiger partial charge in [0.25, 0.3) is 0 Å². The molecule has 0 unspecified atom stereocenters. The molecule has 0 aromatic heterocycles. The van der Waals surface area contributed by atoms with Gasteiger partial charge in [-0.15, -0.1) is 0 Å². The highest BCUT2D eigenvalue weighted by molar-refractivity contribution is 5.53. The van der Waals surface area contributed by atoms with Gasteiger partial charge in [0.15, 0.2) is 0 Å². The molecule has 0 fully saturated rings. The molecule has 0 aliphatic carbocycles. The minimum atomic E-state index is 0.281. The SMILES string of the molecule is CCCCCC(=Cc1ccccc1)C(C)(C)C. The van der Waals surface area contributed by atoms with Gasteiger partial charge in [0.2, 0.25) is 0 Å². The number of hydrogen-bond acceptors (Lipinski definition) is 0. The zero-order valence-corrected chi connectivity index (χ0v) is 11.8. The Kier molecular flexibility index (Phi) is 5.47. The maximum atomic E-state index is 2.37. The summed E-state index contributed by atoms with van der Waals surface area (Å²) in [6.07, 6.45) is 7.54. The molecule has 0 heterocycles. The highest BCUT2D eigenvalue weighted by atomic mass is 14.2. The molecular weight excluding hydrogens is 204 g/mol. The van der Waals surface area contributed by atoms with Gasteiger partial charge in [0.05, 0.1) is 0 Å². The fourth-order valence-electron chi connectivity index (χ4n) is 1.98. The van der Waals surface area contributed by atoms with Crippen molar-refractivity contribution in [1.82, 2.24) is 0 Å². The average Bonchev–Trinajstić information content (AvgIpc) is 2.28. The van der Waals surface area contributed by atoms with Crippen LogP contribution in [0, 0.1) is 5.41 Å². The Morgan fingerprint density at radius 3 is 2.24 bits per heavy atom. The third kappa shape index (κ3) is 5.21. The smallest absolute Gasteiger partial charge is 0.0170 e. The predicted molar refractivity (Wildman–Crippen MR) is 78.0 cm³/mol. The Labute approximate surface area is 107 Å². The second-order valence-electron chi connectivity index (χ2n) is 5.79. The van der Waals surface area contributed by atoms with Crippen molar-refractivity contribution in [3.8, 4) is 0 Å². The second-order valence-corrected chi connectivity index (χ2v) is 5.79. The third-order valence-corrected chi connectivity index (χ3v) is 3.15. The molecular formula is C17H26. The molecule has 1 rings (SSSR count). The summed E-state index contributed by atoms with van der Waals surface area (Å²) >= 11 is 0. The summed E-state index contributed by atoms with van der Waals surface area (Å²) < 4.78 is 0. The molecule has 0 atom stereocenters. The number of benzene rings is 1. The van der Waals surface area contributed by atoms with Gasteiger partial charge in [-0.25, -0.2) is 0 Å². The lowest BCUT2D eigenvalue weighted by Crippen LogP contribution is -2.09. The molecule has 1 aromatic rings. The minimum Gasteiger partial charge on any atom is -0.0654 e. The lowest BCUT2D eigenvalue weighted by Gasteiger charge is -2.23. The zero-order chi connectivity index (χ0) is 12.7. The van der Waals surface area contributed by atoms with Crippen molar-refractivity contribution >= 4 is 6.08 Å². The fourth-order valence-corrected chi connectivity index (χ4v) is 1.98. The molecule has 0 N–H and O–H groups in total. The Morgan fingerprint density at radius 1 is 1.06 bits per heavy atom. The normalized spacial score (nSPS) is 12.8. The quantitative estimate of drug-likeness (QED) is 0.569. The van der Waals surface area contributed by atoms with Crippen LogP contribution in [0.4, 0.5) is 0 Å². The van der Waals surface area contributed by atoms with Gasteiger partial charge in [-0.05, 0) is 23.8 Å². The van der Waals surface area contributed by atoms with Crippen molar-refractivity contribution in [2.24, 2.45) is 5.41 Å². The van der Waals surface area contributed by atoms with E-state index in [1.165, 1.54) is 31.2 Å². The fraction of sp³-hybridized carbons (Fsp3) is 0.529. The summed E-state index contributed by atoms with van der Waals surface area (Å²) in [6.45, 7) is 9.20. The number of rotatable bonds is 5. The molecule has 0 amide bonds. The molecule has 0 aliphatic heterocycles. The first kappa shape index (κ1) is 14.0. The topological polar surface area (TPSA) is 0 Å². The maximum absolute atomic E-state index is 2.37. The average molecular weight is 230 g/mol. The summed E-state index contributed by atoms with van der Waals surface area (Å²) in [5, 5.41) is 0. The zero-order valence-electron chi connectivity index (χ0n) is 11.8. The first-order valence-electron chi connectivity index (χ1n) is 6.80.